The van der Waals surface area contributed by atoms with Gasteiger partial charge in [-0.1, -0.05) is 20.8 Å². The lowest BCUT2D eigenvalue weighted by molar-refractivity contribution is -0.207. The molecule has 2 atom stereocenters. The van der Waals surface area contributed by atoms with Gasteiger partial charge in [-0.2, -0.15) is 13.2 Å². The highest BCUT2D eigenvalue weighted by Crippen LogP contribution is 2.43. The van der Waals surface area contributed by atoms with E-state index in [1.165, 1.54) is 19.1 Å². The number of nitrogens with zero attached hydrogens (tertiary/aromatic N) is 2. The number of ether oxygens (including phenoxy) is 5. The summed E-state index contributed by atoms with van der Waals surface area (Å²) in [5.41, 5.74) is 1.28. The van der Waals surface area contributed by atoms with E-state index in [9.17, 15) is 22.8 Å². The number of carbonyl (C=O) groups excluding carboxylic acids is 2. The molecular formula is C32H39F4N3O7. The highest BCUT2D eigenvalue weighted by atomic mass is 19.4. The fourth-order valence-corrected chi connectivity index (χ4v) is 5.69. The Kier molecular flexibility index (Phi) is 10.1. The Morgan fingerprint density at radius 2 is 1.63 bits per heavy atom. The molecule has 0 saturated carbocycles. The number of alkyl halides is 3. The van der Waals surface area contributed by atoms with Gasteiger partial charge >= 0.3 is 12.1 Å². The second-order valence-electron chi connectivity index (χ2n) is 12.0. The van der Waals surface area contributed by atoms with E-state index >= 15 is 4.39 Å². The fraction of sp³-hybridized carbons (Fsp3) is 0.531. The maximum absolute atomic E-state index is 15.6. The lowest BCUT2D eigenvalue weighted by Gasteiger charge is -2.29. The maximum Gasteiger partial charge on any atom is 0.490 e. The molecule has 2 aromatic rings. The predicted molar refractivity (Wildman–Crippen MR) is 161 cm³/mol. The minimum absolute atomic E-state index is 0.0348. The SMILES string of the molecule is CCOc1cc2c(c(F)c1OCC)C(=N)N(CC(=O)c1cc(N3C[C@@H](OC)[C@H](OC(=O)C(F)(F)F)C3)c(OC)c(C(C)(C)C)c1)C2. The van der Waals surface area contributed by atoms with Crippen LogP contribution in [0.15, 0.2) is 18.2 Å². The lowest BCUT2D eigenvalue weighted by atomic mass is 9.84. The summed E-state index contributed by atoms with van der Waals surface area (Å²) in [5.74, 6) is -3.08. The van der Waals surface area contributed by atoms with E-state index in [1.54, 1.807) is 36.9 Å². The first-order valence-corrected chi connectivity index (χ1v) is 14.8. The number of esters is 1. The third-order valence-electron chi connectivity index (χ3n) is 7.86. The Morgan fingerprint density at radius 3 is 2.20 bits per heavy atom. The Labute approximate surface area is 265 Å². The van der Waals surface area contributed by atoms with Crippen LogP contribution >= 0.6 is 0 Å². The van der Waals surface area contributed by atoms with Gasteiger partial charge in [-0.3, -0.25) is 10.2 Å². The predicted octanol–water partition coefficient (Wildman–Crippen LogP) is 5.26. The summed E-state index contributed by atoms with van der Waals surface area (Å²) in [4.78, 5) is 28.6. The molecule has 1 fully saturated rings. The van der Waals surface area contributed by atoms with Crippen LogP contribution in [-0.2, 0) is 26.2 Å². The maximum atomic E-state index is 15.6. The van der Waals surface area contributed by atoms with Crippen LogP contribution in [0.3, 0.4) is 0 Å². The van der Waals surface area contributed by atoms with Crippen LogP contribution < -0.4 is 19.1 Å². The monoisotopic (exact) mass is 653 g/mol. The van der Waals surface area contributed by atoms with Crippen molar-refractivity contribution in [3.05, 3.63) is 46.3 Å². The fourth-order valence-electron chi connectivity index (χ4n) is 5.69. The minimum Gasteiger partial charge on any atom is -0.494 e. The summed E-state index contributed by atoms with van der Waals surface area (Å²) in [6.07, 6.45) is -7.28. The number of anilines is 1. The van der Waals surface area contributed by atoms with E-state index < -0.39 is 35.6 Å². The quantitative estimate of drug-likeness (QED) is 0.197. The number of ketones is 1. The smallest absolute Gasteiger partial charge is 0.490 e. The first-order valence-electron chi connectivity index (χ1n) is 14.8. The van der Waals surface area contributed by atoms with E-state index in [0.29, 0.717) is 22.6 Å². The molecule has 0 spiro atoms. The largest absolute Gasteiger partial charge is 0.494 e. The van der Waals surface area contributed by atoms with E-state index in [4.69, 9.17) is 29.1 Å². The van der Waals surface area contributed by atoms with Crippen molar-refractivity contribution in [2.24, 2.45) is 0 Å². The van der Waals surface area contributed by atoms with Gasteiger partial charge < -0.3 is 33.5 Å². The van der Waals surface area contributed by atoms with Gasteiger partial charge in [0.15, 0.2) is 23.1 Å². The van der Waals surface area contributed by atoms with Crippen molar-refractivity contribution >= 4 is 23.3 Å². The number of amidine groups is 1. The molecule has 1 saturated heterocycles. The van der Waals surface area contributed by atoms with Gasteiger partial charge in [-0.25, -0.2) is 9.18 Å². The van der Waals surface area contributed by atoms with Crippen LogP contribution in [-0.4, -0.2) is 87.9 Å². The molecular weight excluding hydrogens is 614 g/mol. The van der Waals surface area contributed by atoms with Crippen LogP contribution in [0.2, 0.25) is 0 Å². The standard InChI is InChI=1S/C32H39F4N3O7/c1-8-44-22-12-18-13-39(29(37)25(18)26(33)28(22)45-9-2)14-21(40)17-10-19(31(3,4)5)27(43-7)20(11-17)38-15-23(42-6)24(16-38)46-30(41)32(34,35)36/h10-12,23-24,37H,8-9,13-16H2,1-7H3/t23-,24-/m1/s1. The Bertz CT molecular complexity index is 1510. The molecule has 0 amide bonds. The Balaban J connectivity index is 1.67. The summed E-state index contributed by atoms with van der Waals surface area (Å²) in [6.45, 7) is 9.43. The van der Waals surface area contributed by atoms with Crippen molar-refractivity contribution in [3.8, 4) is 17.2 Å². The normalized spacial score (nSPS) is 18.1. The van der Waals surface area contributed by atoms with Crippen LogP contribution in [0, 0.1) is 11.2 Å². The number of nitrogens with one attached hydrogen (secondary N) is 1. The van der Waals surface area contributed by atoms with Gasteiger partial charge in [0.1, 0.15) is 23.8 Å². The summed E-state index contributed by atoms with van der Waals surface area (Å²) < 4.78 is 81.4. The summed E-state index contributed by atoms with van der Waals surface area (Å²) in [7, 11) is 2.76. The van der Waals surface area contributed by atoms with E-state index in [1.807, 2.05) is 20.8 Å². The highest BCUT2D eigenvalue weighted by molar-refractivity contribution is 6.06. The highest BCUT2D eigenvalue weighted by Gasteiger charge is 2.46. The van der Waals surface area contributed by atoms with Crippen LogP contribution in [0.4, 0.5) is 23.2 Å². The molecule has 252 valence electrons. The average Bonchev–Trinajstić information content (AvgIpc) is 3.53. The van der Waals surface area contributed by atoms with Crippen molar-refractivity contribution in [2.75, 3.05) is 52.0 Å². The van der Waals surface area contributed by atoms with Crippen molar-refractivity contribution in [2.45, 2.75) is 65.0 Å². The number of halogens is 4. The molecule has 0 radical (unpaired) electrons. The molecule has 0 unspecified atom stereocenters. The zero-order valence-electron chi connectivity index (χ0n) is 26.9. The van der Waals surface area contributed by atoms with Crippen molar-refractivity contribution in [1.29, 1.82) is 5.41 Å². The molecule has 46 heavy (non-hydrogen) atoms. The number of carbonyl (C=O) groups is 2. The number of benzene rings is 2. The summed E-state index contributed by atoms with van der Waals surface area (Å²) in [5, 5.41) is 8.71. The zero-order chi connectivity index (χ0) is 34.1. The van der Waals surface area contributed by atoms with Crippen molar-refractivity contribution in [1.82, 2.24) is 4.90 Å². The topological polar surface area (TPSA) is 111 Å². The number of Topliss-reactive ketones (excluding diaryl/α,β-unsaturated/α-hetero) is 1. The third-order valence-corrected chi connectivity index (χ3v) is 7.86. The van der Waals surface area contributed by atoms with E-state index in [-0.39, 0.29) is 73.6 Å². The van der Waals surface area contributed by atoms with Gasteiger partial charge in [0.2, 0.25) is 0 Å². The molecule has 2 aliphatic heterocycles. The van der Waals surface area contributed by atoms with Crippen LogP contribution in [0.1, 0.15) is 61.7 Å². The first kappa shape index (κ1) is 34.8. The Morgan fingerprint density at radius 1 is 0.978 bits per heavy atom. The first-order chi connectivity index (χ1) is 21.5. The molecule has 14 heteroatoms. The molecule has 0 bridgehead atoms. The zero-order valence-corrected chi connectivity index (χ0v) is 26.9. The van der Waals surface area contributed by atoms with Gasteiger partial charge in [0.25, 0.3) is 0 Å². The third kappa shape index (κ3) is 6.86. The molecule has 2 aliphatic rings. The van der Waals surface area contributed by atoms with Gasteiger partial charge in [-0.15, -0.1) is 0 Å². The number of hydrogen-bond donors (Lipinski definition) is 1. The molecule has 0 aliphatic carbocycles. The molecule has 2 heterocycles. The molecule has 4 rings (SSSR count). The number of rotatable bonds is 11. The number of fused-ring (bicyclic) bond motifs is 1. The second-order valence-corrected chi connectivity index (χ2v) is 12.0. The number of methoxy groups -OCH3 is 2. The van der Waals surface area contributed by atoms with E-state index in [2.05, 4.69) is 0 Å². The molecule has 10 nitrogen and oxygen atoms in total. The average molecular weight is 654 g/mol. The van der Waals surface area contributed by atoms with Crippen LogP contribution in [0.5, 0.6) is 17.2 Å². The van der Waals surface area contributed by atoms with Gasteiger partial charge in [-0.05, 0) is 43.0 Å². The van der Waals surface area contributed by atoms with Crippen molar-refractivity contribution < 1.29 is 50.8 Å². The van der Waals surface area contributed by atoms with E-state index in [0.717, 1.165) is 0 Å². The number of hydrogen-bond acceptors (Lipinski definition) is 9. The minimum atomic E-state index is -5.17. The molecule has 0 aromatic heterocycles. The molecule has 1 N–H and O–H groups in total. The summed E-state index contributed by atoms with van der Waals surface area (Å²) in [6, 6.07) is 4.87. The van der Waals surface area contributed by atoms with Gasteiger partial charge in [0.05, 0.1) is 44.7 Å². The summed E-state index contributed by atoms with van der Waals surface area (Å²) >= 11 is 0. The van der Waals surface area contributed by atoms with Crippen LogP contribution in [0.25, 0.3) is 0 Å². The van der Waals surface area contributed by atoms with Gasteiger partial charge in [0, 0.05) is 31.3 Å². The Hall–Kier alpha value is -4.07. The molecule has 2 aromatic carbocycles. The lowest BCUT2D eigenvalue weighted by Crippen LogP contribution is -2.36. The second kappa shape index (κ2) is 13.3. The van der Waals surface area contributed by atoms with Crippen molar-refractivity contribution in [3.63, 3.8) is 0 Å².